The number of carbonyl (C=O) groups excluding carboxylic acids is 1. The summed E-state index contributed by atoms with van der Waals surface area (Å²) in [5, 5.41) is 10.2. The smallest absolute Gasteiger partial charge is 0.223 e. The normalized spacial score (nSPS) is 27.2. The summed E-state index contributed by atoms with van der Waals surface area (Å²) in [6.45, 7) is 1.75. The van der Waals surface area contributed by atoms with E-state index in [0.29, 0.717) is 32.6 Å². The first-order chi connectivity index (χ1) is 11.7. The number of hydrogen-bond acceptors (Lipinski definition) is 4. The zero-order chi connectivity index (χ0) is 16.9. The highest BCUT2D eigenvalue weighted by molar-refractivity contribution is 5.77. The fraction of sp³-hybridized carbons (Fsp3) is 0.632. The quantitative estimate of drug-likeness (QED) is 0.895. The molecule has 1 aromatic rings. The van der Waals surface area contributed by atoms with Crippen molar-refractivity contribution in [1.29, 1.82) is 0 Å². The molecule has 0 spiro atoms. The summed E-state index contributed by atoms with van der Waals surface area (Å²) in [6.07, 6.45) is 3.67. The minimum atomic E-state index is -0.304. The summed E-state index contributed by atoms with van der Waals surface area (Å²) >= 11 is 0. The van der Waals surface area contributed by atoms with Gasteiger partial charge in [-0.25, -0.2) is 0 Å². The third-order valence-electron chi connectivity index (χ3n) is 5.31. The monoisotopic (exact) mass is 333 g/mol. The lowest BCUT2D eigenvalue weighted by atomic mass is 9.93. The van der Waals surface area contributed by atoms with E-state index in [2.05, 4.69) is 0 Å². The van der Waals surface area contributed by atoms with Crippen LogP contribution in [0, 0.1) is 5.92 Å². The summed E-state index contributed by atoms with van der Waals surface area (Å²) < 4.78 is 11.0. The van der Waals surface area contributed by atoms with Crippen molar-refractivity contribution in [2.45, 2.75) is 44.2 Å². The van der Waals surface area contributed by atoms with E-state index in [4.69, 9.17) is 9.47 Å². The molecule has 1 N–H and O–H groups in total. The fourth-order valence-corrected chi connectivity index (χ4v) is 4.00. The van der Waals surface area contributed by atoms with Crippen LogP contribution in [0.25, 0.3) is 0 Å². The number of morpholine rings is 1. The molecule has 1 aliphatic heterocycles. The highest BCUT2D eigenvalue weighted by Crippen LogP contribution is 2.32. The molecule has 24 heavy (non-hydrogen) atoms. The minimum Gasteiger partial charge on any atom is -0.496 e. The number of rotatable bonds is 5. The van der Waals surface area contributed by atoms with Gasteiger partial charge in [-0.05, 0) is 30.9 Å². The number of aliphatic hydroxyl groups excluding tert-OH is 1. The van der Waals surface area contributed by atoms with E-state index in [1.807, 2.05) is 29.2 Å². The summed E-state index contributed by atoms with van der Waals surface area (Å²) in [6, 6.07) is 7.84. The summed E-state index contributed by atoms with van der Waals surface area (Å²) in [5.74, 6) is 1.13. The van der Waals surface area contributed by atoms with Gasteiger partial charge in [0.2, 0.25) is 5.91 Å². The first kappa shape index (κ1) is 17.2. The third kappa shape index (κ3) is 3.73. The highest BCUT2D eigenvalue weighted by atomic mass is 16.5. The van der Waals surface area contributed by atoms with Crippen molar-refractivity contribution in [2.24, 2.45) is 5.92 Å². The summed E-state index contributed by atoms with van der Waals surface area (Å²) in [4.78, 5) is 14.7. The van der Waals surface area contributed by atoms with Crippen molar-refractivity contribution in [1.82, 2.24) is 4.90 Å². The molecule has 5 nitrogen and oxygen atoms in total. The van der Waals surface area contributed by atoms with Crippen LogP contribution in [-0.4, -0.2) is 54.9 Å². The predicted octanol–water partition coefficient (Wildman–Crippen LogP) is 2.02. The predicted molar refractivity (Wildman–Crippen MR) is 91.0 cm³/mol. The van der Waals surface area contributed by atoms with Crippen LogP contribution in [-0.2, 0) is 16.0 Å². The maximum absolute atomic E-state index is 12.8. The lowest BCUT2D eigenvalue weighted by molar-refractivity contribution is -0.143. The van der Waals surface area contributed by atoms with Crippen LogP contribution in [0.2, 0.25) is 0 Å². The highest BCUT2D eigenvalue weighted by Gasteiger charge is 2.39. The van der Waals surface area contributed by atoms with Gasteiger partial charge in [0.25, 0.3) is 0 Å². The van der Waals surface area contributed by atoms with Crippen molar-refractivity contribution in [3.05, 3.63) is 29.8 Å². The van der Waals surface area contributed by atoms with E-state index in [1.165, 1.54) is 0 Å². The average Bonchev–Trinajstić information content (AvgIpc) is 3.05. The van der Waals surface area contributed by atoms with E-state index in [1.54, 1.807) is 7.11 Å². The number of aliphatic hydroxyl groups is 1. The zero-order valence-corrected chi connectivity index (χ0v) is 14.3. The zero-order valence-electron chi connectivity index (χ0n) is 14.3. The Balaban J connectivity index is 1.64. The Morgan fingerprint density at radius 2 is 2.21 bits per heavy atom. The molecule has 1 heterocycles. The van der Waals surface area contributed by atoms with Crippen LogP contribution in [0.15, 0.2) is 24.3 Å². The lowest BCUT2D eigenvalue weighted by Crippen LogP contribution is -2.53. The molecule has 0 bridgehead atoms. The number of ether oxygens (including phenoxy) is 2. The van der Waals surface area contributed by atoms with Gasteiger partial charge in [0.05, 0.1) is 32.5 Å². The number of para-hydroxylation sites is 1. The molecule has 3 rings (SSSR count). The fourth-order valence-electron chi connectivity index (χ4n) is 4.00. The van der Waals surface area contributed by atoms with E-state index < -0.39 is 0 Å². The summed E-state index contributed by atoms with van der Waals surface area (Å²) in [5.41, 5.74) is 1.05. The molecule has 1 saturated heterocycles. The van der Waals surface area contributed by atoms with Gasteiger partial charge < -0.3 is 19.5 Å². The van der Waals surface area contributed by atoms with Crippen molar-refractivity contribution < 1.29 is 19.4 Å². The molecule has 2 fully saturated rings. The lowest BCUT2D eigenvalue weighted by Gasteiger charge is -2.40. The van der Waals surface area contributed by atoms with Crippen molar-refractivity contribution in [3.63, 3.8) is 0 Å². The third-order valence-corrected chi connectivity index (χ3v) is 5.31. The van der Waals surface area contributed by atoms with E-state index in [9.17, 15) is 9.90 Å². The standard InChI is InChI=1S/C19H27NO4/c1-23-18-8-3-2-5-14(18)9-10-19(22)20-11-12-24-13-16(20)15-6-4-7-17(15)21/h2-3,5,8,15-17,21H,4,6-7,9-13H2,1H3/t15-,16-,17+/m1/s1. The number of aryl methyl sites for hydroxylation is 1. The molecule has 0 aromatic heterocycles. The molecule has 3 atom stereocenters. The largest absolute Gasteiger partial charge is 0.496 e. The number of hydrogen-bond donors (Lipinski definition) is 1. The van der Waals surface area contributed by atoms with Crippen LogP contribution >= 0.6 is 0 Å². The molecule has 1 aromatic carbocycles. The van der Waals surface area contributed by atoms with E-state index in [-0.39, 0.29) is 24.0 Å². The Bertz CT molecular complexity index is 562. The van der Waals surface area contributed by atoms with E-state index in [0.717, 1.165) is 30.6 Å². The first-order valence-corrected chi connectivity index (χ1v) is 8.88. The van der Waals surface area contributed by atoms with Gasteiger partial charge in [-0.3, -0.25) is 4.79 Å². The van der Waals surface area contributed by atoms with Crippen LogP contribution in [0.5, 0.6) is 5.75 Å². The Labute approximate surface area is 143 Å². The number of amides is 1. The molecule has 2 aliphatic rings. The van der Waals surface area contributed by atoms with E-state index >= 15 is 0 Å². The second-order valence-electron chi connectivity index (χ2n) is 6.70. The van der Waals surface area contributed by atoms with Crippen molar-refractivity contribution in [2.75, 3.05) is 26.9 Å². The number of nitrogens with zero attached hydrogens (tertiary/aromatic N) is 1. The Morgan fingerprint density at radius 1 is 1.38 bits per heavy atom. The molecule has 0 radical (unpaired) electrons. The number of benzene rings is 1. The van der Waals surface area contributed by atoms with Gasteiger partial charge >= 0.3 is 0 Å². The molecular weight excluding hydrogens is 306 g/mol. The second kappa shape index (κ2) is 7.99. The second-order valence-corrected chi connectivity index (χ2v) is 6.70. The molecule has 5 heteroatoms. The summed E-state index contributed by atoms with van der Waals surface area (Å²) in [7, 11) is 1.65. The Morgan fingerprint density at radius 3 is 2.96 bits per heavy atom. The van der Waals surface area contributed by atoms with Gasteiger partial charge in [0, 0.05) is 18.9 Å². The maximum Gasteiger partial charge on any atom is 0.223 e. The van der Waals surface area contributed by atoms with Crippen LogP contribution in [0.4, 0.5) is 0 Å². The van der Waals surface area contributed by atoms with Crippen molar-refractivity contribution >= 4 is 5.91 Å². The van der Waals surface area contributed by atoms with Gasteiger partial charge in [-0.2, -0.15) is 0 Å². The minimum absolute atomic E-state index is 0.0152. The van der Waals surface area contributed by atoms with Gasteiger partial charge in [0.15, 0.2) is 0 Å². The number of methoxy groups -OCH3 is 1. The average molecular weight is 333 g/mol. The molecule has 132 valence electrons. The van der Waals surface area contributed by atoms with Crippen molar-refractivity contribution in [3.8, 4) is 5.75 Å². The van der Waals surface area contributed by atoms with Gasteiger partial charge in [-0.15, -0.1) is 0 Å². The van der Waals surface area contributed by atoms with Crippen LogP contribution in [0.1, 0.15) is 31.2 Å². The SMILES string of the molecule is COc1ccccc1CCC(=O)N1CCOC[C@@H]1[C@H]1CCC[C@@H]1O. The Hall–Kier alpha value is -1.59. The Kier molecular flexibility index (Phi) is 5.74. The topological polar surface area (TPSA) is 59.0 Å². The molecular formula is C19H27NO4. The van der Waals surface area contributed by atoms with Crippen LogP contribution in [0.3, 0.4) is 0 Å². The maximum atomic E-state index is 12.8. The van der Waals surface area contributed by atoms with Crippen LogP contribution < -0.4 is 4.74 Å². The van der Waals surface area contributed by atoms with Gasteiger partial charge in [-0.1, -0.05) is 24.6 Å². The number of carbonyl (C=O) groups is 1. The molecule has 0 unspecified atom stereocenters. The molecule has 1 saturated carbocycles. The first-order valence-electron chi connectivity index (χ1n) is 8.88. The van der Waals surface area contributed by atoms with Gasteiger partial charge in [0.1, 0.15) is 5.75 Å². The molecule has 1 aliphatic carbocycles. The molecule has 1 amide bonds.